The topological polar surface area (TPSA) is 60.1 Å². The van der Waals surface area contributed by atoms with Crippen molar-refractivity contribution in [3.05, 3.63) is 52.4 Å². The molecule has 5 nitrogen and oxygen atoms in total. The molecule has 1 N–H and O–H groups in total. The third-order valence-corrected chi connectivity index (χ3v) is 4.54. The van der Waals surface area contributed by atoms with E-state index < -0.39 is 0 Å². The number of hydrogen-bond acceptors (Lipinski definition) is 4. The molecule has 0 aliphatic carbocycles. The molecular weight excluding hydrogens is 310 g/mol. The number of aromatic nitrogens is 2. The zero-order valence-electron chi connectivity index (χ0n) is 13.4. The molecule has 0 saturated heterocycles. The van der Waals surface area contributed by atoms with Crippen molar-refractivity contribution in [2.24, 2.45) is 0 Å². The number of aryl methyl sites for hydroxylation is 3. The predicted molar refractivity (Wildman–Crippen MR) is 90.8 cm³/mol. The van der Waals surface area contributed by atoms with E-state index in [0.29, 0.717) is 24.4 Å². The van der Waals surface area contributed by atoms with Gasteiger partial charge in [-0.15, -0.1) is 11.3 Å². The summed E-state index contributed by atoms with van der Waals surface area (Å²) in [6.07, 6.45) is 0. The van der Waals surface area contributed by atoms with Crippen LogP contribution >= 0.6 is 11.3 Å². The van der Waals surface area contributed by atoms with Gasteiger partial charge < -0.3 is 9.73 Å². The summed E-state index contributed by atoms with van der Waals surface area (Å²) in [7, 11) is 0. The second-order valence-corrected chi connectivity index (χ2v) is 6.40. The summed E-state index contributed by atoms with van der Waals surface area (Å²) < 4.78 is 7.31. The van der Waals surface area contributed by atoms with Crippen molar-refractivity contribution in [3.63, 3.8) is 0 Å². The van der Waals surface area contributed by atoms with E-state index in [1.807, 2.05) is 30.0 Å². The Labute approximate surface area is 138 Å². The minimum Gasteiger partial charge on any atom is -0.466 e. The van der Waals surface area contributed by atoms with Crippen molar-refractivity contribution in [2.75, 3.05) is 6.54 Å². The summed E-state index contributed by atoms with van der Waals surface area (Å²) in [5, 5.41) is 9.56. The highest BCUT2D eigenvalue weighted by molar-refractivity contribution is 7.13. The Balaban J connectivity index is 1.61. The van der Waals surface area contributed by atoms with E-state index in [1.54, 1.807) is 24.3 Å². The monoisotopic (exact) mass is 329 g/mol. The normalized spacial score (nSPS) is 10.9. The molecule has 6 heteroatoms. The van der Waals surface area contributed by atoms with E-state index in [1.165, 1.54) is 0 Å². The Kier molecular flexibility index (Phi) is 4.34. The van der Waals surface area contributed by atoms with Crippen molar-refractivity contribution < 1.29 is 9.21 Å². The van der Waals surface area contributed by atoms with Gasteiger partial charge in [-0.2, -0.15) is 5.10 Å². The predicted octanol–water partition coefficient (Wildman–Crippen LogP) is 3.56. The van der Waals surface area contributed by atoms with Gasteiger partial charge in [-0.3, -0.25) is 9.48 Å². The highest BCUT2D eigenvalue weighted by Crippen LogP contribution is 2.23. The fraction of sp³-hybridized carbons (Fsp3) is 0.294. The van der Waals surface area contributed by atoms with Gasteiger partial charge >= 0.3 is 0 Å². The van der Waals surface area contributed by atoms with Gasteiger partial charge in [0.1, 0.15) is 17.2 Å². The first-order valence-electron chi connectivity index (χ1n) is 7.48. The molecule has 3 rings (SSSR count). The Morgan fingerprint density at radius 2 is 2.17 bits per heavy atom. The lowest BCUT2D eigenvalue weighted by Crippen LogP contribution is -2.27. The van der Waals surface area contributed by atoms with Crippen molar-refractivity contribution in [2.45, 2.75) is 27.3 Å². The first-order valence-corrected chi connectivity index (χ1v) is 8.36. The van der Waals surface area contributed by atoms with E-state index in [2.05, 4.69) is 22.5 Å². The smallest absolute Gasteiger partial charge is 0.254 e. The number of amides is 1. The zero-order chi connectivity index (χ0) is 16.4. The highest BCUT2D eigenvalue weighted by atomic mass is 32.1. The largest absolute Gasteiger partial charge is 0.466 e. The minimum atomic E-state index is -0.109. The van der Waals surface area contributed by atoms with Gasteiger partial charge in [0.15, 0.2) is 0 Å². The fourth-order valence-electron chi connectivity index (χ4n) is 2.51. The second kappa shape index (κ2) is 6.42. The van der Waals surface area contributed by atoms with Gasteiger partial charge in [0, 0.05) is 12.2 Å². The molecule has 0 aliphatic rings. The summed E-state index contributed by atoms with van der Waals surface area (Å²) in [6, 6.07) is 7.91. The van der Waals surface area contributed by atoms with Crippen LogP contribution in [0.4, 0.5) is 0 Å². The molecule has 0 aromatic carbocycles. The molecule has 120 valence electrons. The minimum absolute atomic E-state index is 0.109. The number of hydrogen-bond donors (Lipinski definition) is 1. The van der Waals surface area contributed by atoms with Crippen molar-refractivity contribution >= 4 is 17.2 Å². The lowest BCUT2D eigenvalue weighted by Gasteiger charge is -2.06. The van der Waals surface area contributed by atoms with Gasteiger partial charge in [-0.1, -0.05) is 6.07 Å². The van der Waals surface area contributed by atoms with Gasteiger partial charge in [-0.25, -0.2) is 0 Å². The number of thiophene rings is 1. The maximum Gasteiger partial charge on any atom is 0.254 e. The van der Waals surface area contributed by atoms with Gasteiger partial charge in [0.05, 0.1) is 17.0 Å². The number of carbonyl (C=O) groups excluding carboxylic acids is 1. The summed E-state index contributed by atoms with van der Waals surface area (Å²) in [6.45, 7) is 6.82. The zero-order valence-corrected chi connectivity index (χ0v) is 14.2. The van der Waals surface area contributed by atoms with Crippen LogP contribution in [0.1, 0.15) is 27.6 Å². The summed E-state index contributed by atoms with van der Waals surface area (Å²) in [5.41, 5.74) is 2.65. The van der Waals surface area contributed by atoms with E-state index in [9.17, 15) is 4.79 Å². The maximum atomic E-state index is 12.1. The van der Waals surface area contributed by atoms with Crippen LogP contribution in [0.25, 0.3) is 10.6 Å². The van der Waals surface area contributed by atoms with Crippen LogP contribution in [0.2, 0.25) is 0 Å². The molecule has 0 fully saturated rings. The third kappa shape index (κ3) is 3.37. The van der Waals surface area contributed by atoms with Crippen LogP contribution in [0, 0.1) is 20.8 Å². The first kappa shape index (κ1) is 15.6. The average Bonchev–Trinajstić information content (AvgIpc) is 3.20. The molecule has 0 saturated carbocycles. The number of nitrogens with zero attached hydrogens (tertiary/aromatic N) is 2. The van der Waals surface area contributed by atoms with E-state index in [0.717, 1.165) is 22.0 Å². The van der Waals surface area contributed by atoms with Gasteiger partial charge in [0.2, 0.25) is 0 Å². The Morgan fingerprint density at radius 3 is 2.83 bits per heavy atom. The van der Waals surface area contributed by atoms with E-state index in [-0.39, 0.29) is 5.91 Å². The number of rotatable bonds is 5. The number of carbonyl (C=O) groups is 1. The van der Waals surface area contributed by atoms with Crippen LogP contribution in [-0.4, -0.2) is 22.2 Å². The Morgan fingerprint density at radius 1 is 1.35 bits per heavy atom. The van der Waals surface area contributed by atoms with Crippen molar-refractivity contribution in [3.8, 4) is 10.6 Å². The summed E-state index contributed by atoms with van der Waals surface area (Å²) in [5.74, 6) is 1.29. The molecule has 0 spiro atoms. The highest BCUT2D eigenvalue weighted by Gasteiger charge is 2.13. The Hall–Kier alpha value is -2.34. The van der Waals surface area contributed by atoms with Crippen LogP contribution in [-0.2, 0) is 6.54 Å². The SMILES string of the molecule is Cc1cc(C(=O)NCCn2nc(-c3cccs3)cc2C)c(C)o1. The molecule has 3 heterocycles. The molecule has 3 aromatic rings. The lowest BCUT2D eigenvalue weighted by molar-refractivity contribution is 0.0950. The molecule has 0 atom stereocenters. The summed E-state index contributed by atoms with van der Waals surface area (Å²) >= 11 is 1.67. The lowest BCUT2D eigenvalue weighted by atomic mass is 10.2. The van der Waals surface area contributed by atoms with Crippen molar-refractivity contribution in [1.29, 1.82) is 0 Å². The van der Waals surface area contributed by atoms with E-state index >= 15 is 0 Å². The molecule has 0 bridgehead atoms. The van der Waals surface area contributed by atoms with Crippen LogP contribution in [0.15, 0.2) is 34.1 Å². The van der Waals surface area contributed by atoms with Crippen LogP contribution in [0.5, 0.6) is 0 Å². The second-order valence-electron chi connectivity index (χ2n) is 5.45. The summed E-state index contributed by atoms with van der Waals surface area (Å²) in [4.78, 5) is 13.3. The third-order valence-electron chi connectivity index (χ3n) is 3.65. The van der Waals surface area contributed by atoms with E-state index in [4.69, 9.17) is 4.42 Å². The van der Waals surface area contributed by atoms with Gasteiger partial charge in [0.25, 0.3) is 5.91 Å². The number of furan rings is 1. The van der Waals surface area contributed by atoms with Crippen LogP contribution in [0.3, 0.4) is 0 Å². The molecular formula is C17H19N3O2S. The molecule has 1 amide bonds. The average molecular weight is 329 g/mol. The first-order chi connectivity index (χ1) is 11.0. The molecule has 0 unspecified atom stereocenters. The van der Waals surface area contributed by atoms with Gasteiger partial charge in [-0.05, 0) is 44.4 Å². The molecule has 3 aromatic heterocycles. The standard InChI is InChI=1S/C17H19N3O2S/c1-11-9-15(16-5-4-8-23-16)19-20(11)7-6-18-17(21)14-10-12(2)22-13(14)3/h4-5,8-10H,6-7H2,1-3H3,(H,18,21). The number of nitrogens with one attached hydrogen (secondary N) is 1. The quantitative estimate of drug-likeness (QED) is 0.778. The fourth-order valence-corrected chi connectivity index (χ4v) is 3.19. The maximum absolute atomic E-state index is 12.1. The van der Waals surface area contributed by atoms with Crippen molar-refractivity contribution in [1.82, 2.24) is 15.1 Å². The van der Waals surface area contributed by atoms with Crippen LogP contribution < -0.4 is 5.32 Å². The molecule has 23 heavy (non-hydrogen) atoms. The Bertz CT molecular complexity index is 815. The molecule has 0 aliphatic heterocycles. The molecule has 0 radical (unpaired) electrons.